The minimum atomic E-state index is -0.999. The molecule has 46 heavy (non-hydrogen) atoms. The lowest BCUT2D eigenvalue weighted by atomic mass is 9.85. The van der Waals surface area contributed by atoms with E-state index in [1.807, 2.05) is 0 Å². The van der Waals surface area contributed by atoms with Gasteiger partial charge in [-0.1, -0.05) is 0 Å². The van der Waals surface area contributed by atoms with Gasteiger partial charge in [-0.25, -0.2) is 0 Å². The van der Waals surface area contributed by atoms with E-state index in [0.717, 1.165) is 9.80 Å². The molecule has 0 radical (unpaired) electrons. The van der Waals surface area contributed by atoms with Crippen LogP contribution in [0.1, 0.15) is 111 Å². The lowest BCUT2D eigenvalue weighted by Gasteiger charge is -2.38. The number of rotatable bonds is 3. The molecule has 0 saturated carbocycles. The Kier molecular flexibility index (Phi) is 5.25. The number of hydrazine groups is 1. The van der Waals surface area contributed by atoms with Gasteiger partial charge in [-0.3, -0.25) is 48.2 Å². The maximum atomic E-state index is 14.1. The molecule has 0 spiro atoms. The number of hydrogen-bond donors (Lipinski definition) is 0. The standard InChI is InChI=1S/C34H22N4O8/c1-13(2)35-27(39)15-5-9-19-25-20(10-6-16(23(15)25)28(35)40)32(44)37(31(19)43)38-33(45)21-11-7-17-24-18(8-12-22(26(21)24)34(38)46)30(42)36(14(3)4)29(17)41/h5-14H,1-4H3. The lowest BCUT2D eigenvalue weighted by molar-refractivity contribution is 0.00211. The summed E-state index contributed by atoms with van der Waals surface area (Å²) in [4.78, 5) is 112. The number of amides is 8. The first-order valence-electron chi connectivity index (χ1n) is 14.6. The van der Waals surface area contributed by atoms with Crippen molar-refractivity contribution in [1.29, 1.82) is 0 Å². The fraction of sp³-hybridized carbons (Fsp3) is 0.176. The van der Waals surface area contributed by atoms with E-state index in [2.05, 4.69) is 0 Å². The highest BCUT2D eigenvalue weighted by Gasteiger charge is 2.48. The van der Waals surface area contributed by atoms with Crippen molar-refractivity contribution in [2.24, 2.45) is 0 Å². The molecule has 4 heterocycles. The molecule has 0 aromatic heterocycles. The average molecular weight is 615 g/mol. The molecule has 0 bridgehead atoms. The number of hydrogen-bond acceptors (Lipinski definition) is 8. The summed E-state index contributed by atoms with van der Waals surface area (Å²) in [5, 5.41) is 1.44. The number of carbonyl (C=O) groups is 8. The van der Waals surface area contributed by atoms with Crippen LogP contribution in [0.2, 0.25) is 0 Å². The van der Waals surface area contributed by atoms with Gasteiger partial charge in [0.2, 0.25) is 0 Å². The maximum absolute atomic E-state index is 14.1. The molecule has 0 aliphatic carbocycles. The van der Waals surface area contributed by atoms with Gasteiger partial charge in [0.15, 0.2) is 0 Å². The van der Waals surface area contributed by atoms with Crippen LogP contribution in [0.25, 0.3) is 21.5 Å². The summed E-state index contributed by atoms with van der Waals surface area (Å²) < 4.78 is 0. The molecule has 8 amide bonds. The molecule has 0 N–H and O–H groups in total. The van der Waals surface area contributed by atoms with Crippen molar-refractivity contribution < 1.29 is 38.4 Å². The predicted molar refractivity (Wildman–Crippen MR) is 160 cm³/mol. The van der Waals surface area contributed by atoms with E-state index in [4.69, 9.17) is 0 Å². The van der Waals surface area contributed by atoms with Gasteiger partial charge in [0.05, 0.1) is 22.3 Å². The number of benzene rings is 4. The highest BCUT2D eigenvalue weighted by molar-refractivity contribution is 6.37. The molecule has 12 nitrogen and oxygen atoms in total. The molecule has 12 heteroatoms. The van der Waals surface area contributed by atoms with Gasteiger partial charge in [-0.15, -0.1) is 0 Å². The second kappa shape index (κ2) is 8.78. The van der Waals surface area contributed by atoms with Crippen LogP contribution in [-0.4, -0.2) is 79.2 Å². The summed E-state index contributed by atoms with van der Waals surface area (Å²) in [5.41, 5.74) is 0.305. The lowest BCUT2D eigenvalue weighted by Crippen LogP contribution is -2.58. The highest BCUT2D eigenvalue weighted by atomic mass is 16.2. The molecule has 0 saturated heterocycles. The Morgan fingerprint density at radius 1 is 0.326 bits per heavy atom. The van der Waals surface area contributed by atoms with Crippen LogP contribution >= 0.6 is 0 Å². The van der Waals surface area contributed by atoms with E-state index in [0.29, 0.717) is 10.0 Å². The van der Waals surface area contributed by atoms with Gasteiger partial charge in [-0.05, 0) is 76.2 Å². The fourth-order valence-electron chi connectivity index (χ4n) is 7.06. The van der Waals surface area contributed by atoms with Crippen molar-refractivity contribution in [3.63, 3.8) is 0 Å². The van der Waals surface area contributed by atoms with Crippen LogP contribution in [0.4, 0.5) is 0 Å². The molecular weight excluding hydrogens is 592 g/mol. The van der Waals surface area contributed by atoms with E-state index < -0.39 is 59.3 Å². The van der Waals surface area contributed by atoms with Gasteiger partial charge < -0.3 is 0 Å². The van der Waals surface area contributed by atoms with Crippen molar-refractivity contribution in [3.8, 4) is 0 Å². The van der Waals surface area contributed by atoms with Crippen molar-refractivity contribution >= 4 is 68.8 Å². The normalized spacial score (nSPS) is 17.3. The Morgan fingerprint density at radius 3 is 0.674 bits per heavy atom. The predicted octanol–water partition coefficient (Wildman–Crippen LogP) is 3.81. The molecule has 8 rings (SSSR count). The summed E-state index contributed by atoms with van der Waals surface area (Å²) in [6.45, 7) is 6.79. The van der Waals surface area contributed by atoms with Crippen molar-refractivity contribution in [2.45, 2.75) is 39.8 Å². The highest BCUT2D eigenvalue weighted by Crippen LogP contribution is 2.42. The van der Waals surface area contributed by atoms with Gasteiger partial charge in [0.25, 0.3) is 47.3 Å². The van der Waals surface area contributed by atoms with E-state index in [1.54, 1.807) is 27.7 Å². The van der Waals surface area contributed by atoms with Crippen LogP contribution in [-0.2, 0) is 0 Å². The number of nitrogens with zero attached hydrogens (tertiary/aromatic N) is 4. The van der Waals surface area contributed by atoms with Gasteiger partial charge in [0, 0.05) is 55.9 Å². The van der Waals surface area contributed by atoms with Crippen molar-refractivity contribution in [2.75, 3.05) is 0 Å². The molecule has 0 fully saturated rings. The van der Waals surface area contributed by atoms with Crippen LogP contribution < -0.4 is 0 Å². The molecule has 4 aromatic rings. The Morgan fingerprint density at radius 2 is 0.500 bits per heavy atom. The smallest absolute Gasteiger partial charge is 0.272 e. The van der Waals surface area contributed by atoms with Crippen LogP contribution in [0.3, 0.4) is 0 Å². The van der Waals surface area contributed by atoms with Crippen molar-refractivity contribution in [1.82, 2.24) is 19.8 Å². The van der Waals surface area contributed by atoms with E-state index >= 15 is 0 Å². The third-order valence-corrected chi connectivity index (χ3v) is 9.04. The molecule has 0 atom stereocenters. The molecule has 0 unspecified atom stereocenters. The largest absolute Gasteiger partial charge is 0.281 e. The van der Waals surface area contributed by atoms with Crippen LogP contribution in [0.5, 0.6) is 0 Å². The third-order valence-electron chi connectivity index (χ3n) is 9.04. The minimum absolute atomic E-state index is 0.0737. The zero-order valence-electron chi connectivity index (χ0n) is 24.8. The zero-order valence-corrected chi connectivity index (χ0v) is 24.8. The first kappa shape index (κ1) is 27.5. The Hall–Kier alpha value is -6.04. The molecule has 4 aliphatic rings. The first-order valence-corrected chi connectivity index (χ1v) is 14.6. The monoisotopic (exact) mass is 614 g/mol. The average Bonchev–Trinajstić information content (AvgIpc) is 3.01. The number of carbonyl (C=O) groups excluding carboxylic acids is 8. The van der Waals surface area contributed by atoms with Gasteiger partial charge in [0.1, 0.15) is 0 Å². The second-order valence-corrected chi connectivity index (χ2v) is 12.1. The molecular formula is C34H22N4O8. The Labute approximate surface area is 259 Å². The van der Waals surface area contributed by atoms with Gasteiger partial charge in [-0.2, -0.15) is 10.0 Å². The second-order valence-electron chi connectivity index (χ2n) is 12.1. The van der Waals surface area contributed by atoms with Gasteiger partial charge >= 0.3 is 0 Å². The summed E-state index contributed by atoms with van der Waals surface area (Å²) >= 11 is 0. The Bertz CT molecular complexity index is 2000. The maximum Gasteiger partial charge on any atom is 0.281 e. The number of imide groups is 4. The van der Waals surface area contributed by atoms with E-state index in [1.165, 1.54) is 48.5 Å². The molecule has 4 aliphatic heterocycles. The zero-order chi connectivity index (χ0) is 32.7. The van der Waals surface area contributed by atoms with Crippen LogP contribution in [0, 0.1) is 0 Å². The summed E-state index contributed by atoms with van der Waals surface area (Å²) in [5.74, 6) is -6.26. The van der Waals surface area contributed by atoms with E-state index in [-0.39, 0.29) is 66.1 Å². The molecule has 4 aromatic carbocycles. The van der Waals surface area contributed by atoms with E-state index in [9.17, 15) is 38.4 Å². The van der Waals surface area contributed by atoms with Crippen LogP contribution in [0.15, 0.2) is 48.5 Å². The Balaban J connectivity index is 1.28. The summed E-state index contributed by atoms with van der Waals surface area (Å²) in [6.07, 6.45) is 0. The van der Waals surface area contributed by atoms with Crippen molar-refractivity contribution in [3.05, 3.63) is 93.0 Å². The third kappa shape index (κ3) is 3.07. The first-order chi connectivity index (χ1) is 21.9. The minimum Gasteiger partial charge on any atom is -0.272 e. The summed E-state index contributed by atoms with van der Waals surface area (Å²) in [7, 11) is 0. The topological polar surface area (TPSA) is 150 Å². The summed E-state index contributed by atoms with van der Waals surface area (Å²) in [6, 6.07) is 10.1. The quantitative estimate of drug-likeness (QED) is 0.316. The molecule has 226 valence electrons. The fourth-order valence-corrected chi connectivity index (χ4v) is 7.06. The SMILES string of the molecule is CC(C)N1C(=O)c2ccc3c4c(ccc(c24)C1=O)C(=O)N(N1C(=O)c2ccc4c5c(ccc(c25)C1=O)C(=O)N(C(C)C)C4=O)C3=O.